The van der Waals surface area contributed by atoms with Crippen LogP contribution < -0.4 is 11.1 Å². The molecule has 5 heteroatoms. The molecule has 84 valence electrons. The fourth-order valence-corrected chi connectivity index (χ4v) is 1.32. The molecule has 1 atom stereocenters. The SMILES string of the molecule is CCCCC(CO)Nc1ccnc(N)n1. The Hall–Kier alpha value is -1.36. The van der Waals surface area contributed by atoms with Gasteiger partial charge < -0.3 is 16.2 Å². The van der Waals surface area contributed by atoms with E-state index in [0.717, 1.165) is 19.3 Å². The van der Waals surface area contributed by atoms with Crippen LogP contribution in [0.1, 0.15) is 26.2 Å². The molecule has 0 aliphatic carbocycles. The minimum atomic E-state index is 0.0410. The van der Waals surface area contributed by atoms with E-state index in [4.69, 9.17) is 10.8 Å². The van der Waals surface area contributed by atoms with Gasteiger partial charge in [0.2, 0.25) is 5.95 Å². The molecule has 1 rings (SSSR count). The fourth-order valence-electron chi connectivity index (χ4n) is 1.32. The Bertz CT molecular complexity index is 293. The van der Waals surface area contributed by atoms with Crippen molar-refractivity contribution >= 4 is 11.8 Å². The molecule has 0 aliphatic rings. The Kier molecular flexibility index (Phi) is 4.83. The average Bonchev–Trinajstić information content (AvgIpc) is 2.24. The number of hydrogen-bond donors (Lipinski definition) is 3. The van der Waals surface area contributed by atoms with Crippen LogP contribution in [-0.2, 0) is 0 Å². The number of unbranched alkanes of at least 4 members (excludes halogenated alkanes) is 1. The molecule has 0 bridgehead atoms. The first-order valence-corrected chi connectivity index (χ1v) is 5.22. The molecular weight excluding hydrogens is 192 g/mol. The summed E-state index contributed by atoms with van der Waals surface area (Å²) in [5.41, 5.74) is 5.45. The first kappa shape index (κ1) is 11.7. The number of aliphatic hydroxyl groups is 1. The van der Waals surface area contributed by atoms with Crippen molar-refractivity contribution in [1.29, 1.82) is 0 Å². The van der Waals surface area contributed by atoms with Gasteiger partial charge in [-0.05, 0) is 12.5 Å². The Morgan fingerprint density at radius 3 is 3.00 bits per heavy atom. The largest absolute Gasteiger partial charge is 0.394 e. The molecule has 1 heterocycles. The van der Waals surface area contributed by atoms with Gasteiger partial charge in [-0.1, -0.05) is 19.8 Å². The summed E-state index contributed by atoms with van der Waals surface area (Å²) < 4.78 is 0. The monoisotopic (exact) mass is 210 g/mol. The highest BCUT2D eigenvalue weighted by atomic mass is 16.3. The van der Waals surface area contributed by atoms with Gasteiger partial charge in [0.25, 0.3) is 0 Å². The quantitative estimate of drug-likeness (QED) is 0.653. The summed E-state index contributed by atoms with van der Waals surface area (Å²) in [6, 6.07) is 1.78. The lowest BCUT2D eigenvalue weighted by molar-refractivity contribution is 0.267. The van der Waals surface area contributed by atoms with E-state index in [2.05, 4.69) is 22.2 Å². The van der Waals surface area contributed by atoms with Crippen molar-refractivity contribution in [3.63, 3.8) is 0 Å². The van der Waals surface area contributed by atoms with Gasteiger partial charge in [0.05, 0.1) is 12.6 Å². The van der Waals surface area contributed by atoms with Crippen molar-refractivity contribution in [3.05, 3.63) is 12.3 Å². The van der Waals surface area contributed by atoms with E-state index >= 15 is 0 Å². The number of aliphatic hydroxyl groups excluding tert-OH is 1. The number of nitrogens with one attached hydrogen (secondary N) is 1. The lowest BCUT2D eigenvalue weighted by atomic mass is 10.1. The number of hydrogen-bond acceptors (Lipinski definition) is 5. The van der Waals surface area contributed by atoms with Gasteiger partial charge >= 0.3 is 0 Å². The smallest absolute Gasteiger partial charge is 0.221 e. The van der Waals surface area contributed by atoms with Crippen molar-refractivity contribution < 1.29 is 5.11 Å². The Balaban J connectivity index is 2.50. The number of nitrogens with zero attached hydrogens (tertiary/aromatic N) is 2. The van der Waals surface area contributed by atoms with Crippen LogP contribution in [0.15, 0.2) is 12.3 Å². The van der Waals surface area contributed by atoms with E-state index in [0.29, 0.717) is 5.82 Å². The van der Waals surface area contributed by atoms with Gasteiger partial charge in [-0.25, -0.2) is 4.98 Å². The zero-order valence-electron chi connectivity index (χ0n) is 8.98. The van der Waals surface area contributed by atoms with E-state index < -0.39 is 0 Å². The topological polar surface area (TPSA) is 84.1 Å². The summed E-state index contributed by atoms with van der Waals surface area (Å²) in [4.78, 5) is 7.81. The van der Waals surface area contributed by atoms with Crippen LogP contribution in [0.4, 0.5) is 11.8 Å². The molecule has 1 unspecified atom stereocenters. The second-order valence-electron chi connectivity index (χ2n) is 3.47. The van der Waals surface area contributed by atoms with Crippen LogP contribution in [0, 0.1) is 0 Å². The molecule has 5 nitrogen and oxygen atoms in total. The number of aromatic nitrogens is 2. The zero-order chi connectivity index (χ0) is 11.1. The van der Waals surface area contributed by atoms with Crippen molar-refractivity contribution in [1.82, 2.24) is 9.97 Å². The molecule has 0 saturated heterocycles. The molecular formula is C10H18N4O. The van der Waals surface area contributed by atoms with Crippen LogP contribution in [0.3, 0.4) is 0 Å². The molecule has 4 N–H and O–H groups in total. The summed E-state index contributed by atoms with van der Waals surface area (Å²) in [5, 5.41) is 12.3. The number of nitrogens with two attached hydrogens (primary N) is 1. The summed E-state index contributed by atoms with van der Waals surface area (Å²) in [7, 11) is 0. The summed E-state index contributed by atoms with van der Waals surface area (Å²) in [6.45, 7) is 2.22. The average molecular weight is 210 g/mol. The van der Waals surface area contributed by atoms with Crippen LogP contribution in [0.5, 0.6) is 0 Å². The van der Waals surface area contributed by atoms with Gasteiger partial charge in [-0.3, -0.25) is 0 Å². The first-order chi connectivity index (χ1) is 7.26. The van der Waals surface area contributed by atoms with Crippen molar-refractivity contribution in [2.75, 3.05) is 17.7 Å². The molecule has 0 aliphatic heterocycles. The van der Waals surface area contributed by atoms with Gasteiger partial charge in [0.1, 0.15) is 5.82 Å². The highest BCUT2D eigenvalue weighted by Crippen LogP contribution is 2.08. The van der Waals surface area contributed by atoms with Crippen molar-refractivity contribution in [3.8, 4) is 0 Å². The molecule has 1 aromatic rings. The maximum atomic E-state index is 9.15. The van der Waals surface area contributed by atoms with Crippen LogP contribution in [-0.4, -0.2) is 27.7 Å². The second-order valence-corrected chi connectivity index (χ2v) is 3.47. The predicted octanol–water partition coefficient (Wildman–Crippen LogP) is 1.02. The molecule has 0 amide bonds. The normalized spacial score (nSPS) is 12.4. The highest BCUT2D eigenvalue weighted by Gasteiger charge is 2.07. The Labute approximate surface area is 89.7 Å². The first-order valence-electron chi connectivity index (χ1n) is 5.22. The molecule has 0 aromatic carbocycles. The Morgan fingerprint density at radius 2 is 2.40 bits per heavy atom. The molecule has 0 fully saturated rings. The third-order valence-corrected chi connectivity index (χ3v) is 2.15. The standard InChI is InChI=1S/C10H18N4O/c1-2-3-4-8(7-15)13-9-5-6-12-10(11)14-9/h5-6,8,15H,2-4,7H2,1H3,(H3,11,12,13,14). The van der Waals surface area contributed by atoms with Gasteiger partial charge in [0.15, 0.2) is 0 Å². The second kappa shape index (κ2) is 6.19. The van der Waals surface area contributed by atoms with Crippen LogP contribution in [0.2, 0.25) is 0 Å². The lowest BCUT2D eigenvalue weighted by Crippen LogP contribution is -2.24. The van der Waals surface area contributed by atoms with Crippen molar-refractivity contribution in [2.45, 2.75) is 32.2 Å². The third-order valence-electron chi connectivity index (χ3n) is 2.15. The van der Waals surface area contributed by atoms with E-state index in [1.165, 1.54) is 0 Å². The van der Waals surface area contributed by atoms with E-state index in [9.17, 15) is 0 Å². The van der Waals surface area contributed by atoms with E-state index in [-0.39, 0.29) is 18.6 Å². The zero-order valence-corrected chi connectivity index (χ0v) is 8.98. The predicted molar refractivity (Wildman–Crippen MR) is 60.5 cm³/mol. The third kappa shape index (κ3) is 4.12. The van der Waals surface area contributed by atoms with Crippen LogP contribution in [0.25, 0.3) is 0 Å². The number of anilines is 2. The maximum absolute atomic E-state index is 9.15. The maximum Gasteiger partial charge on any atom is 0.221 e. The molecule has 0 saturated carbocycles. The summed E-state index contributed by atoms with van der Waals surface area (Å²) in [6.07, 6.45) is 4.72. The minimum Gasteiger partial charge on any atom is -0.394 e. The summed E-state index contributed by atoms with van der Waals surface area (Å²) in [5.74, 6) is 0.907. The van der Waals surface area contributed by atoms with Gasteiger partial charge in [-0.15, -0.1) is 0 Å². The molecule has 0 spiro atoms. The van der Waals surface area contributed by atoms with Crippen molar-refractivity contribution in [2.24, 2.45) is 0 Å². The van der Waals surface area contributed by atoms with E-state index in [1.54, 1.807) is 12.3 Å². The Morgan fingerprint density at radius 1 is 1.60 bits per heavy atom. The fraction of sp³-hybridized carbons (Fsp3) is 0.600. The van der Waals surface area contributed by atoms with Gasteiger partial charge in [-0.2, -0.15) is 4.98 Å². The number of rotatable bonds is 6. The molecule has 1 aromatic heterocycles. The number of nitrogen functional groups attached to an aromatic ring is 1. The van der Waals surface area contributed by atoms with E-state index in [1.807, 2.05) is 0 Å². The van der Waals surface area contributed by atoms with Gasteiger partial charge in [0, 0.05) is 6.20 Å². The molecule has 0 radical (unpaired) electrons. The highest BCUT2D eigenvalue weighted by molar-refractivity contribution is 5.38. The summed E-state index contributed by atoms with van der Waals surface area (Å²) >= 11 is 0. The van der Waals surface area contributed by atoms with Crippen LogP contribution >= 0.6 is 0 Å². The lowest BCUT2D eigenvalue weighted by Gasteiger charge is -2.16. The molecule has 15 heavy (non-hydrogen) atoms. The minimum absolute atomic E-state index is 0.0410.